The first-order chi connectivity index (χ1) is 8.47. The fourth-order valence-corrected chi connectivity index (χ4v) is 4.30. The lowest BCUT2D eigenvalue weighted by Gasteiger charge is -2.37. The lowest BCUT2D eigenvalue weighted by Crippen LogP contribution is -2.35. The number of halogens is 1. The second-order valence-electron chi connectivity index (χ2n) is 6.49. The van der Waals surface area contributed by atoms with Crippen LogP contribution in [0.1, 0.15) is 51.3 Å². The Hall–Kier alpha value is 0.140. The summed E-state index contributed by atoms with van der Waals surface area (Å²) >= 11 is 5.43. The predicted octanol–water partition coefficient (Wildman–Crippen LogP) is 5.21. The van der Waals surface area contributed by atoms with E-state index < -0.39 is 0 Å². The van der Waals surface area contributed by atoms with Crippen LogP contribution >= 0.6 is 27.3 Å². The molecular formula is C15H24BrNS. The first-order valence-electron chi connectivity index (χ1n) is 6.92. The number of rotatable bonds is 3. The van der Waals surface area contributed by atoms with Crippen LogP contribution in [0.4, 0.5) is 0 Å². The molecule has 0 amide bonds. The van der Waals surface area contributed by atoms with Crippen molar-refractivity contribution in [3.05, 3.63) is 20.8 Å². The third-order valence-corrected chi connectivity index (χ3v) is 6.12. The van der Waals surface area contributed by atoms with Crippen LogP contribution in [-0.4, -0.2) is 6.04 Å². The molecule has 0 unspecified atom stereocenters. The molecule has 0 saturated heterocycles. The van der Waals surface area contributed by atoms with Crippen molar-refractivity contribution < 1.29 is 0 Å². The maximum absolute atomic E-state index is 3.72. The monoisotopic (exact) mass is 329 g/mol. The van der Waals surface area contributed by atoms with Gasteiger partial charge in [0.1, 0.15) is 0 Å². The van der Waals surface area contributed by atoms with E-state index in [1.807, 2.05) is 11.3 Å². The van der Waals surface area contributed by atoms with E-state index >= 15 is 0 Å². The average Bonchev–Trinajstić information content (AvgIpc) is 2.72. The summed E-state index contributed by atoms with van der Waals surface area (Å²) in [6, 6.07) is 2.86. The second-order valence-corrected chi connectivity index (χ2v) is 8.34. The van der Waals surface area contributed by atoms with Gasteiger partial charge < -0.3 is 5.32 Å². The zero-order valence-corrected chi connectivity index (χ0v) is 14.0. The molecule has 0 radical (unpaired) electrons. The highest BCUT2D eigenvalue weighted by Crippen LogP contribution is 2.37. The van der Waals surface area contributed by atoms with Crippen LogP contribution in [0.5, 0.6) is 0 Å². The molecule has 1 heterocycles. The largest absolute Gasteiger partial charge is 0.309 e. The first kappa shape index (κ1) is 14.5. The molecule has 0 aliphatic heterocycles. The highest BCUT2D eigenvalue weighted by atomic mass is 79.9. The molecule has 18 heavy (non-hydrogen) atoms. The Morgan fingerprint density at radius 3 is 2.44 bits per heavy atom. The zero-order chi connectivity index (χ0) is 13.2. The van der Waals surface area contributed by atoms with Crippen LogP contribution in [-0.2, 0) is 6.54 Å². The van der Waals surface area contributed by atoms with Crippen molar-refractivity contribution in [2.24, 2.45) is 11.3 Å². The number of hydrogen-bond acceptors (Lipinski definition) is 2. The Bertz CT molecular complexity index is 372. The summed E-state index contributed by atoms with van der Waals surface area (Å²) in [6.07, 6.45) is 5.44. The average molecular weight is 330 g/mol. The molecule has 1 aliphatic rings. The molecule has 1 aromatic heterocycles. The Kier molecular flexibility index (Phi) is 4.90. The highest BCUT2D eigenvalue weighted by molar-refractivity contribution is 9.10. The van der Waals surface area contributed by atoms with E-state index in [0.29, 0.717) is 5.41 Å². The van der Waals surface area contributed by atoms with Crippen molar-refractivity contribution >= 4 is 27.3 Å². The van der Waals surface area contributed by atoms with Gasteiger partial charge in [0.2, 0.25) is 0 Å². The van der Waals surface area contributed by atoms with Gasteiger partial charge in [0, 0.05) is 21.9 Å². The maximum atomic E-state index is 3.72. The minimum absolute atomic E-state index is 0.488. The van der Waals surface area contributed by atoms with Gasteiger partial charge in [-0.05, 0) is 64.4 Å². The van der Waals surface area contributed by atoms with Crippen LogP contribution in [0.15, 0.2) is 15.9 Å². The summed E-state index contributed by atoms with van der Waals surface area (Å²) in [7, 11) is 0. The summed E-state index contributed by atoms with van der Waals surface area (Å²) in [6.45, 7) is 8.17. The fraction of sp³-hybridized carbons (Fsp3) is 0.733. The first-order valence-corrected chi connectivity index (χ1v) is 8.59. The Morgan fingerprint density at radius 1 is 1.28 bits per heavy atom. The lowest BCUT2D eigenvalue weighted by atomic mass is 9.71. The molecular weight excluding hydrogens is 306 g/mol. The van der Waals surface area contributed by atoms with Gasteiger partial charge in [0.15, 0.2) is 0 Å². The van der Waals surface area contributed by atoms with Crippen molar-refractivity contribution in [1.29, 1.82) is 0 Å². The Labute approximate surface area is 123 Å². The molecule has 0 spiro atoms. The SMILES string of the molecule is CC(C)(C)C1CCC(NCc2sccc2Br)CC1. The van der Waals surface area contributed by atoms with Gasteiger partial charge in [-0.1, -0.05) is 20.8 Å². The molecule has 1 saturated carbocycles. The third kappa shape index (κ3) is 3.82. The van der Waals surface area contributed by atoms with E-state index in [9.17, 15) is 0 Å². The van der Waals surface area contributed by atoms with Crippen molar-refractivity contribution in [3.63, 3.8) is 0 Å². The Balaban J connectivity index is 1.76. The van der Waals surface area contributed by atoms with Crippen molar-refractivity contribution in [2.45, 2.75) is 59.0 Å². The van der Waals surface area contributed by atoms with Crippen molar-refractivity contribution in [2.75, 3.05) is 0 Å². The molecule has 2 rings (SSSR count). The molecule has 0 atom stereocenters. The molecule has 0 aromatic carbocycles. The third-order valence-electron chi connectivity index (χ3n) is 4.19. The van der Waals surface area contributed by atoms with Crippen LogP contribution in [0.3, 0.4) is 0 Å². The van der Waals surface area contributed by atoms with Gasteiger partial charge in [0.25, 0.3) is 0 Å². The molecule has 1 aromatic rings. The van der Waals surface area contributed by atoms with Crippen LogP contribution in [0.25, 0.3) is 0 Å². The molecule has 3 heteroatoms. The van der Waals surface area contributed by atoms with Gasteiger partial charge in [-0.25, -0.2) is 0 Å². The molecule has 1 aliphatic carbocycles. The summed E-state index contributed by atoms with van der Waals surface area (Å²) in [4.78, 5) is 1.42. The summed E-state index contributed by atoms with van der Waals surface area (Å²) in [5.41, 5.74) is 0.488. The minimum atomic E-state index is 0.488. The second kappa shape index (κ2) is 6.06. The molecule has 0 bridgehead atoms. The van der Waals surface area contributed by atoms with Crippen LogP contribution < -0.4 is 5.32 Å². The van der Waals surface area contributed by atoms with E-state index in [4.69, 9.17) is 0 Å². The number of thiophene rings is 1. The van der Waals surface area contributed by atoms with E-state index in [1.54, 1.807) is 0 Å². The van der Waals surface area contributed by atoms with E-state index in [-0.39, 0.29) is 0 Å². The van der Waals surface area contributed by atoms with Crippen molar-refractivity contribution in [3.8, 4) is 0 Å². The van der Waals surface area contributed by atoms with E-state index in [1.165, 1.54) is 35.0 Å². The number of hydrogen-bond donors (Lipinski definition) is 1. The highest BCUT2D eigenvalue weighted by Gasteiger charge is 2.29. The zero-order valence-electron chi connectivity index (χ0n) is 11.6. The smallest absolute Gasteiger partial charge is 0.0327 e. The molecule has 1 N–H and O–H groups in total. The standard InChI is InChI=1S/C15H24BrNS/c1-15(2,3)11-4-6-12(7-5-11)17-10-14-13(16)8-9-18-14/h8-9,11-12,17H,4-7,10H2,1-3H3. The maximum Gasteiger partial charge on any atom is 0.0327 e. The minimum Gasteiger partial charge on any atom is -0.309 e. The van der Waals surface area contributed by atoms with Gasteiger partial charge in [-0.2, -0.15) is 0 Å². The summed E-state index contributed by atoms with van der Waals surface area (Å²) in [5.74, 6) is 0.907. The molecule has 102 valence electrons. The van der Waals surface area contributed by atoms with Crippen molar-refractivity contribution in [1.82, 2.24) is 5.32 Å². The molecule has 1 nitrogen and oxygen atoms in total. The molecule has 1 fully saturated rings. The van der Waals surface area contributed by atoms with Gasteiger partial charge in [-0.3, -0.25) is 0 Å². The van der Waals surface area contributed by atoms with Gasteiger partial charge in [0.05, 0.1) is 0 Å². The van der Waals surface area contributed by atoms with Crippen LogP contribution in [0, 0.1) is 11.3 Å². The van der Waals surface area contributed by atoms with Gasteiger partial charge >= 0.3 is 0 Å². The normalized spacial score (nSPS) is 25.3. The lowest BCUT2D eigenvalue weighted by molar-refractivity contribution is 0.160. The fourth-order valence-electron chi connectivity index (χ4n) is 2.85. The number of nitrogens with one attached hydrogen (secondary N) is 1. The summed E-state index contributed by atoms with van der Waals surface area (Å²) in [5, 5.41) is 5.87. The predicted molar refractivity (Wildman–Crippen MR) is 84.1 cm³/mol. The van der Waals surface area contributed by atoms with Gasteiger partial charge in [-0.15, -0.1) is 11.3 Å². The van der Waals surface area contributed by atoms with Crippen LogP contribution in [0.2, 0.25) is 0 Å². The van der Waals surface area contributed by atoms with E-state index in [2.05, 4.69) is 53.5 Å². The topological polar surface area (TPSA) is 12.0 Å². The quantitative estimate of drug-likeness (QED) is 0.803. The Morgan fingerprint density at radius 2 is 1.94 bits per heavy atom. The summed E-state index contributed by atoms with van der Waals surface area (Å²) < 4.78 is 1.25. The van der Waals surface area contributed by atoms with E-state index in [0.717, 1.165) is 18.5 Å².